The Morgan fingerprint density at radius 1 is 1.63 bits per heavy atom. The molecule has 1 aromatic heterocycles. The van der Waals surface area contributed by atoms with Gasteiger partial charge >= 0.3 is 5.97 Å². The number of carbonyl (C=O) groups excluding carboxylic acids is 1. The Morgan fingerprint density at radius 3 is 2.74 bits per heavy atom. The summed E-state index contributed by atoms with van der Waals surface area (Å²) in [5.41, 5.74) is 5.16. The molecule has 6 nitrogen and oxygen atoms in total. The van der Waals surface area contributed by atoms with Gasteiger partial charge in [0.15, 0.2) is 5.69 Å². The Kier molecular flexibility index (Phi) is 3.60. The number of nitrogens with one attached hydrogen (secondary N) is 1. The van der Waals surface area contributed by atoms with Gasteiger partial charge in [-0.05, 0) is 32.6 Å². The molecule has 1 aliphatic carbocycles. The average Bonchev–Trinajstić information content (AvgIpc) is 3.06. The number of nitrogens with two attached hydrogens (primary N) is 1. The van der Waals surface area contributed by atoms with Crippen LogP contribution in [0.25, 0.3) is 0 Å². The summed E-state index contributed by atoms with van der Waals surface area (Å²) >= 11 is 1.22. The van der Waals surface area contributed by atoms with E-state index < -0.39 is 11.5 Å². The highest BCUT2D eigenvalue weighted by Crippen LogP contribution is 2.38. The molecule has 0 aromatic carbocycles. The van der Waals surface area contributed by atoms with E-state index in [-0.39, 0.29) is 23.6 Å². The zero-order chi connectivity index (χ0) is 14.2. The van der Waals surface area contributed by atoms with Gasteiger partial charge in [0.25, 0.3) is 0 Å². The number of aromatic nitrogens is 1. The number of carboxylic acids is 1. The minimum absolute atomic E-state index is 0.00111. The normalized spacial score (nSPS) is 19.5. The van der Waals surface area contributed by atoms with Crippen LogP contribution in [0.15, 0.2) is 5.38 Å². The SMILES string of the molecule is CC(NC(=O)C(C)(N)C1CC1)c1nc(C(=O)O)cs1. The van der Waals surface area contributed by atoms with Gasteiger partial charge in [-0.15, -0.1) is 11.3 Å². The molecule has 1 amide bonds. The van der Waals surface area contributed by atoms with E-state index in [1.807, 2.05) is 0 Å². The Morgan fingerprint density at radius 2 is 2.26 bits per heavy atom. The highest BCUT2D eigenvalue weighted by molar-refractivity contribution is 7.09. The van der Waals surface area contributed by atoms with Gasteiger partial charge in [-0.1, -0.05) is 0 Å². The highest BCUT2D eigenvalue weighted by atomic mass is 32.1. The topological polar surface area (TPSA) is 105 Å². The highest BCUT2D eigenvalue weighted by Gasteiger charge is 2.44. The first-order valence-corrected chi connectivity index (χ1v) is 6.99. The lowest BCUT2D eigenvalue weighted by molar-refractivity contribution is -0.127. The average molecular weight is 283 g/mol. The van der Waals surface area contributed by atoms with E-state index in [2.05, 4.69) is 10.3 Å². The molecule has 1 saturated carbocycles. The Labute approximate surface area is 115 Å². The third kappa shape index (κ3) is 2.93. The van der Waals surface area contributed by atoms with Gasteiger partial charge < -0.3 is 16.2 Å². The zero-order valence-electron chi connectivity index (χ0n) is 10.8. The van der Waals surface area contributed by atoms with E-state index in [1.165, 1.54) is 16.7 Å². The molecule has 0 radical (unpaired) electrons. The molecular formula is C12H17N3O3S. The summed E-state index contributed by atoms with van der Waals surface area (Å²) < 4.78 is 0. The molecule has 1 heterocycles. The molecular weight excluding hydrogens is 266 g/mol. The second kappa shape index (κ2) is 4.90. The van der Waals surface area contributed by atoms with Gasteiger partial charge in [0, 0.05) is 5.38 Å². The van der Waals surface area contributed by atoms with Gasteiger partial charge in [-0.2, -0.15) is 0 Å². The van der Waals surface area contributed by atoms with Crippen molar-refractivity contribution in [2.75, 3.05) is 0 Å². The number of nitrogens with zero attached hydrogens (tertiary/aromatic N) is 1. The van der Waals surface area contributed by atoms with E-state index in [0.29, 0.717) is 5.01 Å². The molecule has 0 aliphatic heterocycles. The number of carbonyl (C=O) groups is 2. The smallest absolute Gasteiger partial charge is 0.355 e. The summed E-state index contributed by atoms with van der Waals surface area (Å²) in [4.78, 5) is 26.8. The molecule has 0 bridgehead atoms. The number of carboxylic acid groups (broad SMARTS) is 1. The minimum Gasteiger partial charge on any atom is -0.476 e. The van der Waals surface area contributed by atoms with E-state index >= 15 is 0 Å². The van der Waals surface area contributed by atoms with Crippen molar-refractivity contribution in [2.24, 2.45) is 11.7 Å². The lowest BCUT2D eigenvalue weighted by Gasteiger charge is -2.25. The van der Waals surface area contributed by atoms with Gasteiger partial charge in [0.2, 0.25) is 5.91 Å². The fourth-order valence-electron chi connectivity index (χ4n) is 1.87. The van der Waals surface area contributed by atoms with Crippen LogP contribution in [-0.4, -0.2) is 27.5 Å². The number of hydrogen-bond acceptors (Lipinski definition) is 5. The fourth-order valence-corrected chi connectivity index (χ4v) is 2.67. The molecule has 4 N–H and O–H groups in total. The van der Waals surface area contributed by atoms with Crippen LogP contribution in [0.5, 0.6) is 0 Å². The van der Waals surface area contributed by atoms with E-state index in [1.54, 1.807) is 13.8 Å². The largest absolute Gasteiger partial charge is 0.476 e. The molecule has 104 valence electrons. The van der Waals surface area contributed by atoms with Crippen molar-refractivity contribution in [3.8, 4) is 0 Å². The third-order valence-corrected chi connectivity index (χ3v) is 4.40. The van der Waals surface area contributed by atoms with Crippen molar-refractivity contribution in [2.45, 2.75) is 38.3 Å². The summed E-state index contributed by atoms with van der Waals surface area (Å²) in [7, 11) is 0. The molecule has 2 atom stereocenters. The van der Waals surface area contributed by atoms with Crippen LogP contribution in [-0.2, 0) is 4.79 Å². The van der Waals surface area contributed by atoms with Crippen molar-refractivity contribution >= 4 is 23.2 Å². The quantitative estimate of drug-likeness (QED) is 0.751. The number of hydrogen-bond donors (Lipinski definition) is 3. The fraction of sp³-hybridized carbons (Fsp3) is 0.583. The van der Waals surface area contributed by atoms with Gasteiger partial charge in [0.05, 0.1) is 11.6 Å². The molecule has 0 saturated heterocycles. The first kappa shape index (κ1) is 14.0. The van der Waals surface area contributed by atoms with Crippen LogP contribution in [0.3, 0.4) is 0 Å². The van der Waals surface area contributed by atoms with Crippen molar-refractivity contribution < 1.29 is 14.7 Å². The molecule has 1 fully saturated rings. The summed E-state index contributed by atoms with van der Waals surface area (Å²) in [6.07, 6.45) is 1.96. The van der Waals surface area contributed by atoms with Crippen molar-refractivity contribution in [3.05, 3.63) is 16.1 Å². The number of rotatable bonds is 5. The first-order chi connectivity index (χ1) is 8.82. The minimum atomic E-state index is -1.07. The standard InChI is InChI=1S/C12H17N3O3S/c1-6(9-15-8(5-19-9)10(16)17)14-11(18)12(2,13)7-3-4-7/h5-7H,3-4,13H2,1-2H3,(H,14,18)(H,16,17). The van der Waals surface area contributed by atoms with Gasteiger partial charge in [-0.3, -0.25) is 4.79 Å². The maximum Gasteiger partial charge on any atom is 0.355 e. The molecule has 1 aromatic rings. The Hall–Kier alpha value is -1.47. The van der Waals surface area contributed by atoms with Crippen molar-refractivity contribution in [3.63, 3.8) is 0 Å². The van der Waals surface area contributed by atoms with Crippen LogP contribution >= 0.6 is 11.3 Å². The molecule has 2 rings (SSSR count). The summed E-state index contributed by atoms with van der Waals surface area (Å²) in [5, 5.41) is 13.6. The molecule has 1 aliphatic rings. The van der Waals surface area contributed by atoms with Gasteiger partial charge in [-0.25, -0.2) is 9.78 Å². The predicted octanol–water partition coefficient (Wildman–Crippen LogP) is 1.15. The number of aromatic carboxylic acids is 1. The van der Waals surface area contributed by atoms with Gasteiger partial charge in [0.1, 0.15) is 5.01 Å². The van der Waals surface area contributed by atoms with E-state index in [0.717, 1.165) is 12.8 Å². The maximum atomic E-state index is 12.1. The Balaban J connectivity index is 2.01. The van der Waals surface area contributed by atoms with Crippen LogP contribution in [0.1, 0.15) is 48.2 Å². The van der Waals surface area contributed by atoms with Crippen LogP contribution in [0, 0.1) is 5.92 Å². The summed E-state index contributed by atoms with van der Waals surface area (Å²) in [5.74, 6) is -1.04. The monoisotopic (exact) mass is 283 g/mol. The molecule has 0 spiro atoms. The predicted molar refractivity (Wildman–Crippen MR) is 70.9 cm³/mol. The van der Waals surface area contributed by atoms with Crippen molar-refractivity contribution in [1.82, 2.24) is 10.3 Å². The Bertz CT molecular complexity index is 508. The van der Waals surface area contributed by atoms with Crippen molar-refractivity contribution in [1.29, 1.82) is 0 Å². The summed E-state index contributed by atoms with van der Waals surface area (Å²) in [6, 6.07) is -0.341. The molecule has 2 unspecified atom stereocenters. The lowest BCUT2D eigenvalue weighted by atomic mass is 9.96. The summed E-state index contributed by atoms with van der Waals surface area (Å²) in [6.45, 7) is 3.50. The lowest BCUT2D eigenvalue weighted by Crippen LogP contribution is -2.53. The zero-order valence-corrected chi connectivity index (χ0v) is 11.7. The van der Waals surface area contributed by atoms with E-state index in [4.69, 9.17) is 10.8 Å². The van der Waals surface area contributed by atoms with Crippen LogP contribution < -0.4 is 11.1 Å². The van der Waals surface area contributed by atoms with Crippen LogP contribution in [0.2, 0.25) is 0 Å². The number of thiazole rings is 1. The molecule has 7 heteroatoms. The first-order valence-electron chi connectivity index (χ1n) is 6.11. The maximum absolute atomic E-state index is 12.1. The third-order valence-electron chi connectivity index (χ3n) is 3.37. The van der Waals surface area contributed by atoms with Crippen LogP contribution in [0.4, 0.5) is 0 Å². The van der Waals surface area contributed by atoms with E-state index in [9.17, 15) is 9.59 Å². The second-order valence-corrected chi connectivity index (χ2v) is 6.02. The number of amides is 1. The molecule has 19 heavy (non-hydrogen) atoms. The second-order valence-electron chi connectivity index (χ2n) is 5.13.